The van der Waals surface area contributed by atoms with E-state index < -0.39 is 0 Å². The Morgan fingerprint density at radius 1 is 1.35 bits per heavy atom. The third-order valence-corrected chi connectivity index (χ3v) is 3.54. The van der Waals surface area contributed by atoms with Gasteiger partial charge in [0.2, 0.25) is 5.89 Å². The van der Waals surface area contributed by atoms with Crippen molar-refractivity contribution in [2.75, 3.05) is 6.26 Å². The van der Waals surface area contributed by atoms with Gasteiger partial charge in [-0.25, -0.2) is 0 Å². The van der Waals surface area contributed by atoms with E-state index in [1.54, 1.807) is 0 Å². The highest BCUT2D eigenvalue weighted by Gasteiger charge is 2.16. The lowest BCUT2D eigenvalue weighted by atomic mass is 10.1. The number of benzene rings is 1. The van der Waals surface area contributed by atoms with Gasteiger partial charge in [0.05, 0.1) is 6.04 Å². The van der Waals surface area contributed by atoms with Crippen molar-refractivity contribution < 1.29 is 4.42 Å². The lowest BCUT2D eigenvalue weighted by Gasteiger charge is -2.05. The molecule has 0 saturated carbocycles. The number of para-hydroxylation sites is 1. The number of rotatable bonds is 4. The van der Waals surface area contributed by atoms with Crippen molar-refractivity contribution in [3.05, 3.63) is 41.9 Å². The molecule has 106 valence electrons. The maximum absolute atomic E-state index is 6.13. The molecule has 0 aliphatic rings. The fourth-order valence-electron chi connectivity index (χ4n) is 2.08. The van der Waals surface area contributed by atoms with E-state index in [0.29, 0.717) is 17.5 Å². The summed E-state index contributed by atoms with van der Waals surface area (Å²) in [5, 5.41) is 9.61. The first kappa shape index (κ1) is 14.9. The first-order valence-corrected chi connectivity index (χ1v) is 7.18. The molecule has 0 saturated heterocycles. The summed E-state index contributed by atoms with van der Waals surface area (Å²) in [5.41, 5.74) is 8.40. The molecule has 0 spiro atoms. The van der Waals surface area contributed by atoms with Crippen molar-refractivity contribution in [1.82, 2.24) is 15.2 Å². The third kappa shape index (κ3) is 2.82. The molecule has 7 heteroatoms. The van der Waals surface area contributed by atoms with Gasteiger partial charge in [-0.05, 0) is 24.3 Å². The molecular weight excluding hydrogens is 296 g/mol. The van der Waals surface area contributed by atoms with Crippen molar-refractivity contribution in [3.8, 4) is 0 Å². The Kier molecular flexibility index (Phi) is 4.69. The van der Waals surface area contributed by atoms with Crippen LogP contribution in [0.1, 0.15) is 17.5 Å². The number of halogens is 1. The minimum atomic E-state index is -0.285. The minimum absolute atomic E-state index is 0. The van der Waals surface area contributed by atoms with Crippen LogP contribution in [0, 0.1) is 0 Å². The molecule has 0 aliphatic carbocycles. The second kappa shape index (κ2) is 6.30. The van der Waals surface area contributed by atoms with Gasteiger partial charge in [0.1, 0.15) is 0 Å². The molecule has 0 aliphatic heterocycles. The first-order chi connectivity index (χ1) is 9.28. The highest BCUT2D eigenvalue weighted by Crippen LogP contribution is 2.23. The molecule has 3 rings (SSSR count). The second-order valence-corrected chi connectivity index (χ2v) is 5.04. The smallest absolute Gasteiger partial charge is 0.276 e. The maximum atomic E-state index is 6.13. The summed E-state index contributed by atoms with van der Waals surface area (Å²) in [5.74, 6) is 0.481. The third-order valence-electron chi connectivity index (χ3n) is 3.03. The maximum Gasteiger partial charge on any atom is 0.276 e. The van der Waals surface area contributed by atoms with Crippen molar-refractivity contribution in [2.24, 2.45) is 5.73 Å². The predicted octanol–water partition coefficient (Wildman–Crippen LogP) is 2.94. The van der Waals surface area contributed by atoms with Crippen LogP contribution in [0.3, 0.4) is 0 Å². The quantitative estimate of drug-likeness (QED) is 0.724. The van der Waals surface area contributed by atoms with Gasteiger partial charge in [-0.3, -0.25) is 0 Å². The summed E-state index contributed by atoms with van der Waals surface area (Å²) < 4.78 is 5.46. The van der Waals surface area contributed by atoms with E-state index in [1.807, 2.05) is 30.7 Å². The Morgan fingerprint density at radius 2 is 2.15 bits per heavy atom. The van der Waals surface area contributed by atoms with E-state index in [-0.39, 0.29) is 18.4 Å². The number of nitrogens with zero attached hydrogens (tertiary/aromatic N) is 2. The van der Waals surface area contributed by atoms with Crippen LogP contribution in [0.4, 0.5) is 0 Å². The second-order valence-electron chi connectivity index (χ2n) is 4.28. The van der Waals surface area contributed by atoms with Gasteiger partial charge in [-0.1, -0.05) is 30.0 Å². The average Bonchev–Trinajstić information content (AvgIpc) is 3.06. The summed E-state index contributed by atoms with van der Waals surface area (Å²) in [6.07, 6.45) is 4.54. The van der Waals surface area contributed by atoms with Gasteiger partial charge in [0.15, 0.2) is 0 Å². The molecule has 5 nitrogen and oxygen atoms in total. The van der Waals surface area contributed by atoms with Crippen molar-refractivity contribution in [3.63, 3.8) is 0 Å². The molecule has 0 unspecified atom stereocenters. The van der Waals surface area contributed by atoms with Crippen LogP contribution in [0.25, 0.3) is 10.9 Å². The highest BCUT2D eigenvalue weighted by molar-refractivity contribution is 7.98. The van der Waals surface area contributed by atoms with Crippen LogP contribution in [-0.4, -0.2) is 21.4 Å². The van der Waals surface area contributed by atoms with Crippen molar-refractivity contribution in [2.45, 2.75) is 17.7 Å². The summed E-state index contributed by atoms with van der Waals surface area (Å²) in [6.45, 7) is 0. The Bertz CT molecular complexity index is 696. The Morgan fingerprint density at radius 3 is 2.90 bits per heavy atom. The topological polar surface area (TPSA) is 80.7 Å². The molecule has 2 aromatic heterocycles. The molecule has 1 atom stereocenters. The number of H-pyrrole nitrogens is 1. The summed E-state index contributed by atoms with van der Waals surface area (Å²) in [7, 11) is 0. The number of nitrogens with one attached hydrogen (secondary N) is 1. The fraction of sp³-hybridized carbons (Fsp3) is 0.231. The number of aromatic nitrogens is 3. The van der Waals surface area contributed by atoms with Crippen LogP contribution >= 0.6 is 24.2 Å². The van der Waals surface area contributed by atoms with Crippen LogP contribution in [-0.2, 0) is 6.42 Å². The number of hydrogen-bond acceptors (Lipinski definition) is 5. The number of nitrogens with two attached hydrogens (primary N) is 1. The minimum Gasteiger partial charge on any atom is -0.414 e. The van der Waals surface area contributed by atoms with Crippen LogP contribution < -0.4 is 5.73 Å². The number of aromatic amines is 1. The Hall–Kier alpha value is -1.50. The Balaban J connectivity index is 0.00000147. The molecule has 0 bridgehead atoms. The van der Waals surface area contributed by atoms with Crippen molar-refractivity contribution >= 4 is 35.1 Å². The van der Waals surface area contributed by atoms with Gasteiger partial charge in [0.25, 0.3) is 5.22 Å². The molecule has 1 aromatic carbocycles. The van der Waals surface area contributed by atoms with Gasteiger partial charge >= 0.3 is 0 Å². The van der Waals surface area contributed by atoms with E-state index in [9.17, 15) is 0 Å². The molecule has 3 N–H and O–H groups in total. The molecule has 20 heavy (non-hydrogen) atoms. The lowest BCUT2D eigenvalue weighted by Crippen LogP contribution is -2.13. The van der Waals surface area contributed by atoms with E-state index >= 15 is 0 Å². The van der Waals surface area contributed by atoms with Gasteiger partial charge in [-0.15, -0.1) is 22.6 Å². The zero-order valence-corrected chi connectivity index (χ0v) is 12.5. The van der Waals surface area contributed by atoms with Gasteiger partial charge in [0, 0.05) is 17.1 Å². The number of fused-ring (bicyclic) bond motifs is 1. The standard InChI is InChI=1S/C13H14N4OS.ClH/c1-19-13-17-16-12(18-13)10(14)6-8-7-15-11-5-3-2-4-9(8)11;/h2-5,7,10,15H,6,14H2,1H3;1H/t10-;/m0./s1. The highest BCUT2D eigenvalue weighted by atomic mass is 35.5. The Labute approximate surface area is 126 Å². The first-order valence-electron chi connectivity index (χ1n) is 5.96. The summed E-state index contributed by atoms with van der Waals surface area (Å²) >= 11 is 1.42. The van der Waals surface area contributed by atoms with Crippen LogP contribution in [0.15, 0.2) is 40.1 Å². The average molecular weight is 311 g/mol. The van der Waals surface area contributed by atoms with Crippen LogP contribution in [0.2, 0.25) is 0 Å². The lowest BCUT2D eigenvalue weighted by molar-refractivity contribution is 0.386. The number of thioether (sulfide) groups is 1. The molecule has 0 radical (unpaired) electrons. The molecule has 0 fully saturated rings. The zero-order chi connectivity index (χ0) is 13.2. The largest absolute Gasteiger partial charge is 0.414 e. The molecule has 0 amide bonds. The summed E-state index contributed by atoms with van der Waals surface area (Å²) in [6, 6.07) is 7.86. The zero-order valence-electron chi connectivity index (χ0n) is 10.9. The summed E-state index contributed by atoms with van der Waals surface area (Å²) in [4.78, 5) is 3.24. The van der Waals surface area contributed by atoms with Crippen molar-refractivity contribution in [1.29, 1.82) is 0 Å². The normalized spacial score (nSPS) is 12.3. The molecule has 3 aromatic rings. The van der Waals surface area contributed by atoms with E-state index in [0.717, 1.165) is 11.1 Å². The van der Waals surface area contributed by atoms with Gasteiger partial charge in [-0.2, -0.15) is 0 Å². The van der Waals surface area contributed by atoms with E-state index in [2.05, 4.69) is 21.2 Å². The molecular formula is C13H15ClN4OS. The SMILES string of the molecule is CSc1nnc([C@@H](N)Cc2c[nH]c3ccccc23)o1.Cl. The van der Waals surface area contributed by atoms with Crippen LogP contribution in [0.5, 0.6) is 0 Å². The van der Waals surface area contributed by atoms with E-state index in [1.165, 1.54) is 17.1 Å². The monoisotopic (exact) mass is 310 g/mol. The predicted molar refractivity (Wildman–Crippen MR) is 82.3 cm³/mol. The molecule has 2 heterocycles. The number of hydrogen-bond donors (Lipinski definition) is 2. The van der Waals surface area contributed by atoms with E-state index in [4.69, 9.17) is 10.2 Å². The fourth-order valence-corrected chi connectivity index (χ4v) is 2.37. The van der Waals surface area contributed by atoms with Gasteiger partial charge < -0.3 is 15.1 Å².